The van der Waals surface area contributed by atoms with Crippen LogP contribution >= 0.6 is 0 Å². The summed E-state index contributed by atoms with van der Waals surface area (Å²) in [4.78, 5) is 13.8. The fourth-order valence-corrected chi connectivity index (χ4v) is 1.76. The molecule has 1 saturated heterocycles. The van der Waals surface area contributed by atoms with Crippen molar-refractivity contribution < 1.29 is 4.79 Å². The van der Waals surface area contributed by atoms with E-state index >= 15 is 0 Å². The Bertz CT molecular complexity index is 343. The zero-order valence-electron chi connectivity index (χ0n) is 8.58. The van der Waals surface area contributed by atoms with Crippen molar-refractivity contribution in [3.63, 3.8) is 0 Å². The molecule has 1 aliphatic heterocycles. The van der Waals surface area contributed by atoms with Gasteiger partial charge in [-0.25, -0.2) is 0 Å². The van der Waals surface area contributed by atoms with Gasteiger partial charge in [0.25, 0.3) is 0 Å². The molecular weight excluding hydrogens is 174 g/mol. The fraction of sp³-hybridized carbons (Fsp3) is 0.417. The Kier molecular flexibility index (Phi) is 2.06. The molecule has 1 amide bonds. The lowest BCUT2D eigenvalue weighted by Crippen LogP contribution is -2.30. The van der Waals surface area contributed by atoms with E-state index in [0.29, 0.717) is 0 Å². The average molecular weight is 188 g/mol. The Morgan fingerprint density at radius 1 is 1.50 bits per heavy atom. The molecule has 2 nitrogen and oxygen atoms in total. The number of benzene rings is 1. The lowest BCUT2D eigenvalue weighted by Gasteiger charge is -2.19. The summed E-state index contributed by atoms with van der Waals surface area (Å²) in [5.74, 6) is 0.220. The third-order valence-electron chi connectivity index (χ3n) is 2.79. The smallest absolute Gasteiger partial charge is 0.232 e. The first-order valence-electron chi connectivity index (χ1n) is 4.89. The van der Waals surface area contributed by atoms with Gasteiger partial charge < -0.3 is 4.90 Å². The molecule has 0 spiro atoms. The lowest BCUT2D eigenvalue weighted by molar-refractivity contribution is -0.123. The normalized spacial score (nSPS) is 20.1. The van der Waals surface area contributed by atoms with Gasteiger partial charge in [-0.3, -0.25) is 4.79 Å². The van der Waals surface area contributed by atoms with Gasteiger partial charge in [-0.2, -0.15) is 0 Å². The van der Waals surface area contributed by atoms with Gasteiger partial charge in [0.2, 0.25) is 5.91 Å². The van der Waals surface area contributed by atoms with Crippen LogP contribution in [-0.4, -0.2) is 12.5 Å². The van der Waals surface area contributed by atoms with Crippen molar-refractivity contribution in [3.8, 4) is 0 Å². The van der Waals surface area contributed by atoms with Crippen molar-refractivity contribution in [1.29, 1.82) is 0 Å². The van der Waals surface area contributed by atoms with Crippen LogP contribution in [0.3, 0.4) is 0 Å². The average Bonchev–Trinajstić information content (AvgIpc) is 2.44. The van der Waals surface area contributed by atoms with Crippen LogP contribution in [0.25, 0.3) is 0 Å². The molecule has 0 aromatic heterocycles. The first-order chi connectivity index (χ1) is 6.61. The van der Waals surface area contributed by atoms with Gasteiger partial charge in [0.05, 0.1) is 0 Å². The highest BCUT2D eigenvalue weighted by Crippen LogP contribution is 2.33. The number of carbonyl (C=O) groups excluding carboxylic acids is 1. The molecule has 0 unspecified atom stereocenters. The molecule has 0 saturated carbocycles. The van der Waals surface area contributed by atoms with Crippen molar-refractivity contribution in [3.05, 3.63) is 30.3 Å². The molecule has 1 radical (unpaired) electrons. The molecule has 2 heteroatoms. The minimum Gasteiger partial charge on any atom is -0.312 e. The molecule has 1 heterocycles. The second-order valence-corrected chi connectivity index (χ2v) is 4.35. The third kappa shape index (κ3) is 1.41. The van der Waals surface area contributed by atoms with Crippen LogP contribution in [0.2, 0.25) is 0 Å². The second kappa shape index (κ2) is 3.12. The molecule has 0 atom stereocenters. The van der Waals surface area contributed by atoms with Crippen LogP contribution in [-0.2, 0) is 4.79 Å². The Labute approximate surface area is 84.5 Å². The van der Waals surface area contributed by atoms with E-state index in [2.05, 4.69) is 6.07 Å². The van der Waals surface area contributed by atoms with E-state index in [1.165, 1.54) is 0 Å². The van der Waals surface area contributed by atoms with E-state index in [0.717, 1.165) is 18.7 Å². The Hall–Kier alpha value is -1.31. The number of anilines is 1. The van der Waals surface area contributed by atoms with E-state index in [-0.39, 0.29) is 11.3 Å². The van der Waals surface area contributed by atoms with Crippen molar-refractivity contribution in [1.82, 2.24) is 0 Å². The molecule has 73 valence electrons. The number of hydrogen-bond donors (Lipinski definition) is 0. The van der Waals surface area contributed by atoms with E-state index in [9.17, 15) is 4.79 Å². The summed E-state index contributed by atoms with van der Waals surface area (Å²) < 4.78 is 0. The van der Waals surface area contributed by atoms with Crippen molar-refractivity contribution >= 4 is 11.6 Å². The number of rotatable bonds is 1. The van der Waals surface area contributed by atoms with Gasteiger partial charge in [-0.05, 0) is 24.6 Å². The van der Waals surface area contributed by atoms with Crippen molar-refractivity contribution in [2.45, 2.75) is 20.3 Å². The largest absolute Gasteiger partial charge is 0.312 e. The standard InChI is InChI=1S/C12H14NO/c1-12(2)8-9-13(11(12)14)10-6-4-3-5-7-10/h3-4,6-7H,8-9H2,1-2H3. The number of nitrogens with zero attached hydrogens (tertiary/aromatic N) is 1. The Morgan fingerprint density at radius 3 is 2.79 bits per heavy atom. The summed E-state index contributed by atoms with van der Waals surface area (Å²) in [6, 6.07) is 10.6. The van der Waals surface area contributed by atoms with Gasteiger partial charge in [0.15, 0.2) is 0 Å². The van der Waals surface area contributed by atoms with Gasteiger partial charge in [-0.1, -0.05) is 26.0 Å². The zero-order valence-corrected chi connectivity index (χ0v) is 8.58. The first kappa shape index (κ1) is 9.25. The SMILES string of the molecule is CC1(C)CCN(c2c[c]ccc2)C1=O. The highest BCUT2D eigenvalue weighted by Gasteiger charge is 2.38. The molecule has 0 N–H and O–H groups in total. The highest BCUT2D eigenvalue weighted by atomic mass is 16.2. The van der Waals surface area contributed by atoms with E-state index in [4.69, 9.17) is 0 Å². The van der Waals surface area contributed by atoms with Gasteiger partial charge >= 0.3 is 0 Å². The van der Waals surface area contributed by atoms with Gasteiger partial charge in [0.1, 0.15) is 0 Å². The van der Waals surface area contributed by atoms with E-state index < -0.39 is 0 Å². The predicted molar refractivity (Wildman–Crippen MR) is 56.0 cm³/mol. The minimum atomic E-state index is -0.199. The molecule has 1 aromatic rings. The van der Waals surface area contributed by atoms with Crippen LogP contribution in [0.1, 0.15) is 20.3 Å². The van der Waals surface area contributed by atoms with Crippen molar-refractivity contribution in [2.75, 3.05) is 11.4 Å². The summed E-state index contributed by atoms with van der Waals surface area (Å²) in [5, 5.41) is 0. The number of hydrogen-bond acceptors (Lipinski definition) is 1. The van der Waals surface area contributed by atoms with Gasteiger partial charge in [0, 0.05) is 17.6 Å². The molecular formula is C12H14NO. The van der Waals surface area contributed by atoms with E-state index in [1.54, 1.807) is 0 Å². The molecule has 1 fully saturated rings. The topological polar surface area (TPSA) is 20.3 Å². The number of carbonyl (C=O) groups is 1. The molecule has 1 aliphatic rings. The second-order valence-electron chi connectivity index (χ2n) is 4.35. The predicted octanol–water partition coefficient (Wildman–Crippen LogP) is 2.25. The van der Waals surface area contributed by atoms with E-state index in [1.807, 2.05) is 43.0 Å². The molecule has 0 bridgehead atoms. The Balaban J connectivity index is 2.27. The first-order valence-corrected chi connectivity index (χ1v) is 4.89. The summed E-state index contributed by atoms with van der Waals surface area (Å²) >= 11 is 0. The quantitative estimate of drug-likeness (QED) is 0.662. The molecule has 0 aliphatic carbocycles. The summed E-state index contributed by atoms with van der Waals surface area (Å²) in [6.45, 7) is 4.83. The fourth-order valence-electron chi connectivity index (χ4n) is 1.76. The van der Waals surface area contributed by atoms with Crippen molar-refractivity contribution in [2.24, 2.45) is 5.41 Å². The summed E-state index contributed by atoms with van der Waals surface area (Å²) in [7, 11) is 0. The van der Waals surface area contributed by atoms with Crippen LogP contribution in [0.5, 0.6) is 0 Å². The van der Waals surface area contributed by atoms with Gasteiger partial charge in [-0.15, -0.1) is 0 Å². The maximum Gasteiger partial charge on any atom is 0.232 e. The van der Waals surface area contributed by atoms with Crippen LogP contribution in [0.4, 0.5) is 5.69 Å². The maximum atomic E-state index is 11.9. The third-order valence-corrected chi connectivity index (χ3v) is 2.79. The molecule has 1 aromatic carbocycles. The summed E-state index contributed by atoms with van der Waals surface area (Å²) in [6.07, 6.45) is 0.931. The minimum absolute atomic E-state index is 0.199. The Morgan fingerprint density at radius 2 is 2.29 bits per heavy atom. The maximum absolute atomic E-state index is 11.9. The lowest BCUT2D eigenvalue weighted by atomic mass is 9.92. The highest BCUT2D eigenvalue weighted by molar-refractivity contribution is 5.99. The monoisotopic (exact) mass is 188 g/mol. The molecule has 2 rings (SSSR count). The number of amides is 1. The zero-order chi connectivity index (χ0) is 10.2. The molecule has 14 heavy (non-hydrogen) atoms. The van der Waals surface area contributed by atoms with Crippen LogP contribution < -0.4 is 4.90 Å². The summed E-state index contributed by atoms with van der Waals surface area (Å²) in [5.41, 5.74) is 0.763. The van der Waals surface area contributed by atoms with Crippen LogP contribution in [0, 0.1) is 11.5 Å². The van der Waals surface area contributed by atoms with Crippen LogP contribution in [0.15, 0.2) is 24.3 Å².